The fraction of sp³-hybridized carbons (Fsp3) is 0.353. The summed E-state index contributed by atoms with van der Waals surface area (Å²) in [7, 11) is 0. The molecular weight excluding hydrogens is 396 g/mol. The number of carbonyl (C=O) groups is 2. The Balaban J connectivity index is 1.51. The quantitative estimate of drug-likeness (QED) is 0.646. The van der Waals surface area contributed by atoms with Crippen molar-refractivity contribution < 1.29 is 23.5 Å². The molecule has 1 unspecified atom stereocenters. The van der Waals surface area contributed by atoms with Crippen LogP contribution in [0, 0.1) is 11.6 Å². The summed E-state index contributed by atoms with van der Waals surface area (Å²) in [4.78, 5) is 28.7. The van der Waals surface area contributed by atoms with Crippen LogP contribution in [0.3, 0.4) is 0 Å². The number of thiazole rings is 1. The van der Waals surface area contributed by atoms with Crippen molar-refractivity contribution in [3.8, 4) is 0 Å². The molecule has 1 amide bonds. The number of nitrogens with zero attached hydrogens (tertiary/aromatic N) is 2. The minimum Gasteiger partial charge on any atom is -0.476 e. The summed E-state index contributed by atoms with van der Waals surface area (Å²) in [5.74, 6) is -1.75. The van der Waals surface area contributed by atoms with E-state index in [-0.39, 0.29) is 17.6 Å². The minimum atomic E-state index is -1.06. The third-order valence-corrected chi connectivity index (χ3v) is 6.12. The molecular formula is C17H17F2N3O3S2. The zero-order chi connectivity index (χ0) is 19.4. The summed E-state index contributed by atoms with van der Waals surface area (Å²) >= 11 is 2.65. The minimum absolute atomic E-state index is 0.0177. The Hall–Kier alpha value is -2.20. The van der Waals surface area contributed by atoms with E-state index in [0.29, 0.717) is 41.7 Å². The molecule has 0 spiro atoms. The average molecular weight is 413 g/mol. The maximum atomic E-state index is 13.3. The highest BCUT2D eigenvalue weighted by Crippen LogP contribution is 2.25. The third-order valence-electron chi connectivity index (χ3n) is 4.12. The van der Waals surface area contributed by atoms with E-state index < -0.39 is 17.6 Å². The number of anilines is 1. The first-order chi connectivity index (χ1) is 12.9. The van der Waals surface area contributed by atoms with Crippen LogP contribution in [-0.4, -0.2) is 51.8 Å². The van der Waals surface area contributed by atoms with Crippen LogP contribution in [0.25, 0.3) is 0 Å². The van der Waals surface area contributed by atoms with Gasteiger partial charge in [0, 0.05) is 48.4 Å². The van der Waals surface area contributed by atoms with Crippen LogP contribution in [0.1, 0.15) is 23.3 Å². The fourth-order valence-electron chi connectivity index (χ4n) is 2.86. The fourth-order valence-corrected chi connectivity index (χ4v) is 4.67. The highest BCUT2D eigenvalue weighted by atomic mass is 32.2. The van der Waals surface area contributed by atoms with Crippen molar-refractivity contribution >= 4 is 40.7 Å². The van der Waals surface area contributed by atoms with Gasteiger partial charge in [-0.05, 0) is 18.6 Å². The zero-order valence-corrected chi connectivity index (χ0v) is 15.8. The second-order valence-electron chi connectivity index (χ2n) is 5.97. The number of carboxylic acid groups (broad SMARTS) is 1. The number of aromatic carboxylic acids is 1. The Morgan fingerprint density at radius 3 is 2.78 bits per heavy atom. The van der Waals surface area contributed by atoms with E-state index in [1.165, 1.54) is 40.6 Å². The Morgan fingerprint density at radius 2 is 2.11 bits per heavy atom. The van der Waals surface area contributed by atoms with Crippen molar-refractivity contribution in [2.45, 2.75) is 23.2 Å². The van der Waals surface area contributed by atoms with Gasteiger partial charge in [-0.1, -0.05) is 11.8 Å². The van der Waals surface area contributed by atoms with E-state index in [9.17, 15) is 18.4 Å². The predicted molar refractivity (Wildman–Crippen MR) is 99.4 cm³/mol. The van der Waals surface area contributed by atoms with E-state index in [2.05, 4.69) is 10.3 Å². The molecule has 27 heavy (non-hydrogen) atoms. The van der Waals surface area contributed by atoms with Crippen molar-refractivity contribution in [3.63, 3.8) is 0 Å². The van der Waals surface area contributed by atoms with Gasteiger partial charge in [-0.15, -0.1) is 11.3 Å². The number of hydrogen-bond donors (Lipinski definition) is 2. The van der Waals surface area contributed by atoms with Gasteiger partial charge < -0.3 is 15.3 Å². The maximum absolute atomic E-state index is 13.3. The molecule has 3 rings (SSSR count). The van der Waals surface area contributed by atoms with E-state index in [1.807, 2.05) is 0 Å². The zero-order valence-electron chi connectivity index (χ0n) is 14.2. The van der Waals surface area contributed by atoms with E-state index in [0.717, 1.165) is 6.07 Å². The number of carboxylic acids is 1. The molecule has 1 saturated heterocycles. The SMILES string of the molecule is O=C(O)c1csc(SCCN2C(=O)CCC2CNc2cc(F)cc(F)c2)n1. The molecule has 0 aliphatic carbocycles. The van der Waals surface area contributed by atoms with Gasteiger partial charge in [0.05, 0.1) is 0 Å². The second kappa shape index (κ2) is 8.66. The molecule has 1 aromatic heterocycles. The van der Waals surface area contributed by atoms with Gasteiger partial charge in [-0.3, -0.25) is 4.79 Å². The summed E-state index contributed by atoms with van der Waals surface area (Å²) in [6.45, 7) is 0.898. The van der Waals surface area contributed by atoms with Crippen LogP contribution in [0.2, 0.25) is 0 Å². The van der Waals surface area contributed by atoms with Crippen molar-refractivity contribution in [3.05, 3.63) is 40.9 Å². The molecule has 1 aliphatic heterocycles. The molecule has 2 aromatic rings. The first-order valence-electron chi connectivity index (χ1n) is 8.23. The molecule has 0 bridgehead atoms. The first-order valence-corrected chi connectivity index (χ1v) is 10.1. The van der Waals surface area contributed by atoms with Crippen molar-refractivity contribution in [1.29, 1.82) is 0 Å². The summed E-state index contributed by atoms with van der Waals surface area (Å²) in [5, 5.41) is 13.4. The highest BCUT2D eigenvalue weighted by molar-refractivity contribution is 8.01. The average Bonchev–Trinajstić information content (AvgIpc) is 3.20. The van der Waals surface area contributed by atoms with Gasteiger partial charge in [0.15, 0.2) is 10.0 Å². The van der Waals surface area contributed by atoms with Gasteiger partial charge in [0.2, 0.25) is 5.91 Å². The van der Waals surface area contributed by atoms with Crippen LogP contribution in [0.4, 0.5) is 14.5 Å². The number of rotatable bonds is 8. The summed E-state index contributed by atoms with van der Waals surface area (Å²) in [6, 6.07) is 3.17. The number of amides is 1. The lowest BCUT2D eigenvalue weighted by molar-refractivity contribution is -0.128. The lowest BCUT2D eigenvalue weighted by Crippen LogP contribution is -2.39. The van der Waals surface area contributed by atoms with Crippen molar-refractivity contribution in [1.82, 2.24) is 9.88 Å². The molecule has 10 heteroatoms. The molecule has 2 heterocycles. The lowest BCUT2D eigenvalue weighted by atomic mass is 10.2. The van der Waals surface area contributed by atoms with Gasteiger partial charge in [0.25, 0.3) is 0 Å². The van der Waals surface area contributed by atoms with E-state index >= 15 is 0 Å². The van der Waals surface area contributed by atoms with Crippen molar-refractivity contribution in [2.24, 2.45) is 0 Å². The van der Waals surface area contributed by atoms with Crippen LogP contribution in [-0.2, 0) is 4.79 Å². The number of hydrogen-bond acceptors (Lipinski definition) is 6. The van der Waals surface area contributed by atoms with Crippen LogP contribution in [0.5, 0.6) is 0 Å². The van der Waals surface area contributed by atoms with E-state index in [1.54, 1.807) is 4.90 Å². The Morgan fingerprint density at radius 1 is 1.37 bits per heavy atom. The Kier molecular flexibility index (Phi) is 6.27. The number of carbonyl (C=O) groups excluding carboxylic acids is 1. The van der Waals surface area contributed by atoms with Gasteiger partial charge in [0.1, 0.15) is 11.6 Å². The lowest BCUT2D eigenvalue weighted by Gasteiger charge is -2.25. The van der Waals surface area contributed by atoms with E-state index in [4.69, 9.17) is 5.11 Å². The molecule has 2 N–H and O–H groups in total. The summed E-state index contributed by atoms with van der Waals surface area (Å²) in [5.41, 5.74) is 0.356. The number of nitrogens with one attached hydrogen (secondary N) is 1. The van der Waals surface area contributed by atoms with Crippen LogP contribution >= 0.6 is 23.1 Å². The number of halogens is 2. The van der Waals surface area contributed by atoms with Gasteiger partial charge in [-0.2, -0.15) is 0 Å². The summed E-state index contributed by atoms with van der Waals surface area (Å²) < 4.78 is 27.2. The predicted octanol–water partition coefficient (Wildman–Crippen LogP) is 3.31. The van der Waals surface area contributed by atoms with Crippen LogP contribution < -0.4 is 5.32 Å². The van der Waals surface area contributed by atoms with Gasteiger partial charge >= 0.3 is 5.97 Å². The highest BCUT2D eigenvalue weighted by Gasteiger charge is 2.30. The molecule has 6 nitrogen and oxygen atoms in total. The maximum Gasteiger partial charge on any atom is 0.355 e. The summed E-state index contributed by atoms with van der Waals surface area (Å²) in [6.07, 6.45) is 1.11. The normalized spacial score (nSPS) is 16.7. The number of likely N-dealkylation sites (tertiary alicyclic amines) is 1. The Labute approximate surface area is 162 Å². The number of aromatic nitrogens is 1. The van der Waals surface area contributed by atoms with Crippen LogP contribution in [0.15, 0.2) is 27.9 Å². The monoisotopic (exact) mass is 413 g/mol. The first kappa shape index (κ1) is 19.6. The molecule has 1 aliphatic rings. The smallest absolute Gasteiger partial charge is 0.355 e. The number of benzene rings is 1. The number of thioether (sulfide) groups is 1. The van der Waals surface area contributed by atoms with Gasteiger partial charge in [-0.25, -0.2) is 18.6 Å². The molecule has 1 fully saturated rings. The largest absolute Gasteiger partial charge is 0.476 e. The topological polar surface area (TPSA) is 82.5 Å². The molecule has 1 atom stereocenters. The Bertz CT molecular complexity index is 826. The standard InChI is InChI=1S/C17H17F2N3O3S2/c18-10-5-11(19)7-12(6-10)20-8-13-1-2-15(23)22(13)3-4-26-17-21-14(9-27-17)16(24)25/h5-7,9,13,20H,1-4,8H2,(H,24,25). The molecule has 0 radical (unpaired) electrons. The third kappa shape index (κ3) is 5.16. The molecule has 1 aromatic carbocycles. The molecule has 0 saturated carbocycles. The van der Waals surface area contributed by atoms with Crippen molar-refractivity contribution in [2.75, 3.05) is 24.2 Å². The molecule has 144 valence electrons. The second-order valence-corrected chi connectivity index (χ2v) is 8.17.